The van der Waals surface area contributed by atoms with Crippen molar-refractivity contribution >= 4 is 22.6 Å². The van der Waals surface area contributed by atoms with Gasteiger partial charge in [0, 0.05) is 6.61 Å². The second-order valence-electron chi connectivity index (χ2n) is 3.16. The van der Waals surface area contributed by atoms with Crippen LogP contribution in [0.5, 0.6) is 0 Å². The fourth-order valence-electron chi connectivity index (χ4n) is 1.17. The zero-order chi connectivity index (χ0) is 8.53. The van der Waals surface area contributed by atoms with E-state index in [0.29, 0.717) is 6.61 Å². The lowest BCUT2D eigenvalue weighted by Crippen LogP contribution is -1.96. The van der Waals surface area contributed by atoms with E-state index in [1.54, 1.807) is 0 Å². The number of unbranched alkanes of at least 4 members (excludes halogenated alkanes) is 1. The van der Waals surface area contributed by atoms with E-state index in [0.717, 1.165) is 12.3 Å². The zero-order valence-electron chi connectivity index (χ0n) is 7.35. The van der Waals surface area contributed by atoms with Crippen molar-refractivity contribution < 1.29 is 5.11 Å². The molecule has 0 aromatic heterocycles. The fourth-order valence-corrected chi connectivity index (χ4v) is 1.71. The van der Waals surface area contributed by atoms with Crippen LogP contribution < -0.4 is 0 Å². The lowest BCUT2D eigenvalue weighted by Gasteiger charge is -2.08. The average molecular weight is 270 g/mol. The molecule has 0 bridgehead atoms. The van der Waals surface area contributed by atoms with Crippen molar-refractivity contribution in [3.8, 4) is 0 Å². The Hall–Kier alpha value is 0.690. The van der Waals surface area contributed by atoms with Crippen LogP contribution in [0.15, 0.2) is 0 Å². The maximum Gasteiger partial charge on any atom is 0.0431 e. The highest BCUT2D eigenvalue weighted by Gasteiger charge is 2.00. The summed E-state index contributed by atoms with van der Waals surface area (Å²) in [7, 11) is 0. The van der Waals surface area contributed by atoms with Gasteiger partial charge >= 0.3 is 0 Å². The Bertz CT molecular complexity index is 76.0. The summed E-state index contributed by atoms with van der Waals surface area (Å²) in [6.07, 6.45) is 6.21. The van der Waals surface area contributed by atoms with Crippen LogP contribution in [0, 0.1) is 5.92 Å². The topological polar surface area (TPSA) is 20.2 Å². The third-order valence-electron chi connectivity index (χ3n) is 1.94. The monoisotopic (exact) mass is 270 g/mol. The van der Waals surface area contributed by atoms with Crippen LogP contribution >= 0.6 is 22.6 Å². The first kappa shape index (κ1) is 11.7. The maximum absolute atomic E-state index is 8.59. The molecule has 0 fully saturated rings. The molecule has 0 amide bonds. The summed E-state index contributed by atoms with van der Waals surface area (Å²) in [5, 5.41) is 8.59. The molecule has 0 aromatic carbocycles. The number of alkyl halides is 1. The molecule has 0 aliphatic carbocycles. The van der Waals surface area contributed by atoms with Gasteiger partial charge in [-0.25, -0.2) is 0 Å². The molecule has 0 radical (unpaired) electrons. The van der Waals surface area contributed by atoms with E-state index < -0.39 is 0 Å². The molecule has 1 atom stereocenters. The van der Waals surface area contributed by atoms with Gasteiger partial charge in [-0.3, -0.25) is 0 Å². The van der Waals surface area contributed by atoms with Crippen molar-refractivity contribution in [2.24, 2.45) is 5.92 Å². The van der Waals surface area contributed by atoms with E-state index >= 15 is 0 Å². The van der Waals surface area contributed by atoms with Gasteiger partial charge in [-0.1, -0.05) is 42.4 Å². The van der Waals surface area contributed by atoms with Gasteiger partial charge in [0.05, 0.1) is 0 Å². The second-order valence-corrected chi connectivity index (χ2v) is 4.23. The largest absolute Gasteiger partial charge is 0.396 e. The third kappa shape index (κ3) is 8.60. The quantitative estimate of drug-likeness (QED) is 0.428. The maximum atomic E-state index is 8.59. The van der Waals surface area contributed by atoms with Gasteiger partial charge in [-0.15, -0.1) is 0 Å². The summed E-state index contributed by atoms with van der Waals surface area (Å²) < 4.78 is 1.28. The minimum Gasteiger partial charge on any atom is -0.396 e. The molecule has 0 spiro atoms. The second kappa shape index (κ2) is 8.78. The van der Waals surface area contributed by atoms with Gasteiger partial charge in [0.1, 0.15) is 0 Å². The molecule has 0 aliphatic heterocycles. The van der Waals surface area contributed by atoms with Crippen molar-refractivity contribution in [3.63, 3.8) is 0 Å². The molecule has 0 unspecified atom stereocenters. The van der Waals surface area contributed by atoms with E-state index in [2.05, 4.69) is 29.5 Å². The molecule has 0 heterocycles. The molecule has 0 saturated carbocycles. The molecule has 2 heteroatoms. The number of aliphatic hydroxyl groups is 1. The smallest absolute Gasteiger partial charge is 0.0431 e. The Balaban J connectivity index is 3.02. The SMILES string of the molecule is C[C@H](CCCO)CCCCI. The third-order valence-corrected chi connectivity index (χ3v) is 2.70. The molecule has 1 N–H and O–H groups in total. The number of rotatable bonds is 7. The van der Waals surface area contributed by atoms with E-state index in [1.165, 1.54) is 30.1 Å². The summed E-state index contributed by atoms with van der Waals surface area (Å²) in [5.74, 6) is 0.810. The summed E-state index contributed by atoms with van der Waals surface area (Å²) in [6, 6.07) is 0. The van der Waals surface area contributed by atoms with Gasteiger partial charge in [0.15, 0.2) is 0 Å². The Labute approximate surface area is 83.7 Å². The summed E-state index contributed by atoms with van der Waals surface area (Å²) in [4.78, 5) is 0. The van der Waals surface area contributed by atoms with Crippen molar-refractivity contribution in [1.82, 2.24) is 0 Å². The number of halogens is 1. The molecule has 11 heavy (non-hydrogen) atoms. The van der Waals surface area contributed by atoms with Crippen LogP contribution in [-0.4, -0.2) is 16.1 Å². The molecule has 0 saturated heterocycles. The minimum absolute atomic E-state index is 0.358. The standard InChI is InChI=1S/C9H19IO/c1-9(6-4-8-11)5-2-3-7-10/h9,11H,2-8H2,1H3/t9-/m0/s1. The van der Waals surface area contributed by atoms with Crippen LogP contribution in [0.25, 0.3) is 0 Å². The van der Waals surface area contributed by atoms with Gasteiger partial charge < -0.3 is 5.11 Å². The van der Waals surface area contributed by atoms with Crippen LogP contribution in [0.4, 0.5) is 0 Å². The molecule has 0 aliphatic rings. The van der Waals surface area contributed by atoms with Gasteiger partial charge in [0.2, 0.25) is 0 Å². The van der Waals surface area contributed by atoms with E-state index in [-0.39, 0.29) is 0 Å². The predicted octanol–water partition coefficient (Wildman–Crippen LogP) is 3.00. The van der Waals surface area contributed by atoms with Crippen LogP contribution in [0.2, 0.25) is 0 Å². The predicted molar refractivity (Wildman–Crippen MR) is 58.2 cm³/mol. The molecule has 0 rings (SSSR count). The van der Waals surface area contributed by atoms with E-state index in [9.17, 15) is 0 Å². The molecule has 1 nitrogen and oxygen atoms in total. The first-order valence-corrected chi connectivity index (χ1v) is 6.00. The van der Waals surface area contributed by atoms with E-state index in [4.69, 9.17) is 5.11 Å². The minimum atomic E-state index is 0.358. The van der Waals surface area contributed by atoms with Crippen LogP contribution in [0.1, 0.15) is 39.0 Å². The number of hydrogen-bond donors (Lipinski definition) is 1. The van der Waals surface area contributed by atoms with Crippen LogP contribution in [-0.2, 0) is 0 Å². The molecular weight excluding hydrogens is 251 g/mol. The average Bonchev–Trinajstić information content (AvgIpc) is 2.01. The van der Waals surface area contributed by atoms with Crippen molar-refractivity contribution in [2.45, 2.75) is 39.0 Å². The molecular formula is C9H19IO. The first-order valence-electron chi connectivity index (χ1n) is 4.48. The van der Waals surface area contributed by atoms with Crippen molar-refractivity contribution in [3.05, 3.63) is 0 Å². The van der Waals surface area contributed by atoms with Crippen molar-refractivity contribution in [1.29, 1.82) is 0 Å². The summed E-state index contributed by atoms with van der Waals surface area (Å²) >= 11 is 2.42. The van der Waals surface area contributed by atoms with Gasteiger partial charge in [-0.05, 0) is 29.6 Å². The summed E-state index contributed by atoms with van der Waals surface area (Å²) in [5.41, 5.74) is 0. The van der Waals surface area contributed by atoms with E-state index in [1.807, 2.05) is 0 Å². The van der Waals surface area contributed by atoms with Crippen molar-refractivity contribution in [2.75, 3.05) is 11.0 Å². The Kier molecular flexibility index (Phi) is 9.33. The first-order chi connectivity index (χ1) is 5.31. The fraction of sp³-hybridized carbons (Fsp3) is 1.00. The zero-order valence-corrected chi connectivity index (χ0v) is 9.51. The molecule has 68 valence electrons. The number of aliphatic hydroxyl groups excluding tert-OH is 1. The highest BCUT2D eigenvalue weighted by atomic mass is 127. The Morgan fingerprint density at radius 2 is 1.82 bits per heavy atom. The Morgan fingerprint density at radius 3 is 2.36 bits per heavy atom. The Morgan fingerprint density at radius 1 is 1.18 bits per heavy atom. The highest BCUT2D eigenvalue weighted by Crippen LogP contribution is 2.13. The lowest BCUT2D eigenvalue weighted by atomic mass is 9.99. The normalized spacial score (nSPS) is 13.4. The summed E-state index contributed by atoms with van der Waals surface area (Å²) in [6.45, 7) is 2.64. The number of hydrogen-bond acceptors (Lipinski definition) is 1. The van der Waals surface area contributed by atoms with Crippen LogP contribution in [0.3, 0.4) is 0 Å². The van der Waals surface area contributed by atoms with Gasteiger partial charge in [0.25, 0.3) is 0 Å². The molecule has 0 aromatic rings. The van der Waals surface area contributed by atoms with Gasteiger partial charge in [-0.2, -0.15) is 0 Å². The highest BCUT2D eigenvalue weighted by molar-refractivity contribution is 14.1. The lowest BCUT2D eigenvalue weighted by molar-refractivity contribution is 0.271.